The van der Waals surface area contributed by atoms with E-state index in [2.05, 4.69) is 21.7 Å². The van der Waals surface area contributed by atoms with E-state index in [1.54, 1.807) is 13.0 Å². The van der Waals surface area contributed by atoms with Gasteiger partial charge in [-0.15, -0.1) is 0 Å². The maximum atomic E-state index is 12.6. The van der Waals surface area contributed by atoms with Crippen LogP contribution >= 0.6 is 23.2 Å². The van der Waals surface area contributed by atoms with Crippen LogP contribution in [0.15, 0.2) is 48.6 Å². The number of aryl methyl sites for hydroxylation is 1. The molecule has 43 heavy (non-hydrogen) atoms. The van der Waals surface area contributed by atoms with E-state index < -0.39 is 12.1 Å². The minimum absolute atomic E-state index is 0.0110. The molecule has 2 heterocycles. The summed E-state index contributed by atoms with van der Waals surface area (Å²) < 4.78 is 16.2. The topological polar surface area (TPSA) is 101 Å². The number of hydrogen-bond acceptors (Lipinski definition) is 8. The van der Waals surface area contributed by atoms with Crippen LogP contribution in [0.2, 0.25) is 10.0 Å². The highest BCUT2D eigenvalue weighted by atomic mass is 35.5. The van der Waals surface area contributed by atoms with Crippen molar-refractivity contribution in [2.24, 2.45) is 0 Å². The van der Waals surface area contributed by atoms with Gasteiger partial charge >= 0.3 is 12.1 Å². The Bertz CT molecular complexity index is 1320. The molecule has 0 bridgehead atoms. The van der Waals surface area contributed by atoms with Crippen molar-refractivity contribution in [3.8, 4) is 5.75 Å². The van der Waals surface area contributed by atoms with Crippen molar-refractivity contribution >= 4 is 52.5 Å². The number of unbranched alkanes of at least 4 members (excludes halogenated alkanes) is 1. The van der Waals surface area contributed by atoms with Crippen LogP contribution in [0.1, 0.15) is 31.7 Å². The summed E-state index contributed by atoms with van der Waals surface area (Å²) in [5.74, 6) is -0.00129. The lowest BCUT2D eigenvalue weighted by Crippen LogP contribution is -2.46. The van der Waals surface area contributed by atoms with Crippen molar-refractivity contribution in [1.82, 2.24) is 10.2 Å². The molecule has 2 aliphatic rings. The molecule has 12 heteroatoms. The first-order chi connectivity index (χ1) is 20.7. The second-order valence-corrected chi connectivity index (χ2v) is 11.3. The molecule has 2 amide bonds. The SMILES string of the molecule is C=C(C)C(=O)OCCNC(=O)OCN1C(=O)CCc2ccc(OCCCCN3CCN(c4cccc(Cl)c4Cl)CC3)cc21. The number of carbonyl (C=O) groups excluding carboxylic acids is 3. The summed E-state index contributed by atoms with van der Waals surface area (Å²) in [5.41, 5.74) is 2.93. The summed E-state index contributed by atoms with van der Waals surface area (Å²) in [6, 6.07) is 11.4. The number of alkyl carbamates (subject to hydrolysis) is 1. The third kappa shape index (κ3) is 9.26. The van der Waals surface area contributed by atoms with Gasteiger partial charge in [-0.2, -0.15) is 0 Å². The molecule has 0 aliphatic carbocycles. The van der Waals surface area contributed by atoms with Crippen molar-refractivity contribution in [2.45, 2.75) is 32.6 Å². The van der Waals surface area contributed by atoms with Crippen LogP contribution in [-0.2, 0) is 25.5 Å². The summed E-state index contributed by atoms with van der Waals surface area (Å²) in [5, 5.41) is 3.68. The molecule has 1 saturated heterocycles. The lowest BCUT2D eigenvalue weighted by atomic mass is 10.0. The number of hydrogen-bond donors (Lipinski definition) is 1. The number of piperazine rings is 1. The smallest absolute Gasteiger partial charge is 0.409 e. The highest BCUT2D eigenvalue weighted by Gasteiger charge is 2.26. The van der Waals surface area contributed by atoms with Gasteiger partial charge in [0.15, 0.2) is 6.73 Å². The number of carbonyl (C=O) groups is 3. The van der Waals surface area contributed by atoms with E-state index in [4.69, 9.17) is 37.4 Å². The van der Waals surface area contributed by atoms with Crippen molar-refractivity contribution in [1.29, 1.82) is 0 Å². The lowest BCUT2D eigenvalue weighted by molar-refractivity contribution is -0.138. The number of esters is 1. The fourth-order valence-electron chi connectivity index (χ4n) is 4.92. The number of nitrogens with one attached hydrogen (secondary N) is 1. The summed E-state index contributed by atoms with van der Waals surface area (Å²) >= 11 is 12.6. The summed E-state index contributed by atoms with van der Waals surface area (Å²) in [4.78, 5) is 42.3. The summed E-state index contributed by atoms with van der Waals surface area (Å²) in [6.45, 7) is 10.1. The Morgan fingerprint density at radius 1 is 0.977 bits per heavy atom. The molecular weight excluding hydrogens is 595 g/mol. The van der Waals surface area contributed by atoms with Gasteiger partial charge in [0.2, 0.25) is 5.91 Å². The van der Waals surface area contributed by atoms with Crippen molar-refractivity contribution in [3.05, 3.63) is 64.2 Å². The molecule has 0 radical (unpaired) electrons. The number of rotatable bonds is 13. The molecule has 0 aromatic heterocycles. The van der Waals surface area contributed by atoms with Crippen LogP contribution < -0.4 is 19.9 Å². The molecule has 0 unspecified atom stereocenters. The van der Waals surface area contributed by atoms with E-state index >= 15 is 0 Å². The predicted octanol–water partition coefficient (Wildman–Crippen LogP) is 5.06. The van der Waals surface area contributed by atoms with E-state index in [9.17, 15) is 14.4 Å². The Balaban J connectivity index is 1.17. The molecule has 1 N–H and O–H groups in total. The second-order valence-electron chi connectivity index (χ2n) is 10.5. The molecule has 0 saturated carbocycles. The first kappa shape index (κ1) is 32.4. The second kappa shape index (κ2) is 15.8. The van der Waals surface area contributed by atoms with E-state index in [-0.39, 0.29) is 31.4 Å². The van der Waals surface area contributed by atoms with Gasteiger partial charge < -0.3 is 24.4 Å². The molecular formula is C31H38Cl2N4O6. The van der Waals surface area contributed by atoms with Gasteiger partial charge in [-0.25, -0.2) is 9.59 Å². The van der Waals surface area contributed by atoms with Crippen LogP contribution in [0, 0.1) is 0 Å². The van der Waals surface area contributed by atoms with Gasteiger partial charge in [0, 0.05) is 44.2 Å². The lowest BCUT2D eigenvalue weighted by Gasteiger charge is -2.36. The molecule has 232 valence electrons. The van der Waals surface area contributed by atoms with Gasteiger partial charge in [-0.05, 0) is 56.5 Å². The Kier molecular flexibility index (Phi) is 12.0. The number of benzene rings is 2. The van der Waals surface area contributed by atoms with E-state index in [0.29, 0.717) is 40.9 Å². The Labute approximate surface area is 262 Å². The van der Waals surface area contributed by atoms with E-state index in [1.807, 2.05) is 30.3 Å². The average Bonchev–Trinajstić information content (AvgIpc) is 3.00. The zero-order valence-corrected chi connectivity index (χ0v) is 25.9. The number of ether oxygens (including phenoxy) is 3. The summed E-state index contributed by atoms with van der Waals surface area (Å²) in [6.07, 6.45) is 2.12. The van der Waals surface area contributed by atoms with Gasteiger partial charge in [0.05, 0.1) is 34.6 Å². The molecule has 10 nitrogen and oxygen atoms in total. The fraction of sp³-hybridized carbons (Fsp3) is 0.452. The molecule has 2 aromatic carbocycles. The normalized spacial score (nSPS) is 15.1. The van der Waals surface area contributed by atoms with Crippen LogP contribution in [0.25, 0.3) is 0 Å². The quantitative estimate of drug-likeness (QED) is 0.186. The zero-order chi connectivity index (χ0) is 30.8. The predicted molar refractivity (Wildman–Crippen MR) is 167 cm³/mol. The third-order valence-corrected chi connectivity index (χ3v) is 8.13. The number of amides is 2. The van der Waals surface area contributed by atoms with Crippen LogP contribution in [0.5, 0.6) is 5.75 Å². The number of fused-ring (bicyclic) bond motifs is 1. The Morgan fingerprint density at radius 3 is 2.53 bits per heavy atom. The molecule has 2 aromatic rings. The molecule has 2 aliphatic heterocycles. The third-order valence-electron chi connectivity index (χ3n) is 7.32. The van der Waals surface area contributed by atoms with Crippen molar-refractivity contribution < 1.29 is 28.6 Å². The summed E-state index contributed by atoms with van der Waals surface area (Å²) in [7, 11) is 0. The maximum Gasteiger partial charge on any atom is 0.409 e. The van der Waals surface area contributed by atoms with Gasteiger partial charge in [0.1, 0.15) is 12.4 Å². The Hall–Kier alpha value is -3.47. The first-order valence-corrected chi connectivity index (χ1v) is 15.2. The van der Waals surface area contributed by atoms with Crippen LogP contribution in [0.3, 0.4) is 0 Å². The number of nitrogens with zero attached hydrogens (tertiary/aromatic N) is 3. The van der Waals surface area contributed by atoms with Gasteiger partial charge in [0.25, 0.3) is 0 Å². The molecule has 0 atom stereocenters. The molecule has 4 rings (SSSR count). The molecule has 0 spiro atoms. The highest BCUT2D eigenvalue weighted by molar-refractivity contribution is 6.43. The largest absolute Gasteiger partial charge is 0.494 e. The Morgan fingerprint density at radius 2 is 1.77 bits per heavy atom. The first-order valence-electron chi connectivity index (χ1n) is 14.4. The fourth-order valence-corrected chi connectivity index (χ4v) is 5.33. The van der Waals surface area contributed by atoms with Crippen LogP contribution in [0.4, 0.5) is 16.2 Å². The average molecular weight is 634 g/mol. The standard InChI is InChI=1S/C31H38Cl2N4O6/c1-22(2)30(39)42-19-12-34-31(40)43-21-37-27-20-24(10-8-23(27)9-11-28(37)38)41-18-4-3-13-35-14-16-36(17-15-35)26-7-5-6-25(32)29(26)33/h5-8,10,20H,1,3-4,9,11-19,21H2,2H3,(H,34,40). The van der Waals surface area contributed by atoms with Crippen molar-refractivity contribution in [2.75, 3.05) is 69.0 Å². The minimum atomic E-state index is -0.714. The van der Waals surface area contributed by atoms with Gasteiger partial charge in [-0.3, -0.25) is 14.6 Å². The zero-order valence-electron chi connectivity index (χ0n) is 24.4. The van der Waals surface area contributed by atoms with Crippen LogP contribution in [-0.4, -0.2) is 82.1 Å². The highest BCUT2D eigenvalue weighted by Crippen LogP contribution is 2.33. The van der Waals surface area contributed by atoms with E-state index in [0.717, 1.165) is 56.8 Å². The van der Waals surface area contributed by atoms with Crippen molar-refractivity contribution in [3.63, 3.8) is 0 Å². The molecule has 1 fully saturated rings. The van der Waals surface area contributed by atoms with Gasteiger partial charge in [-0.1, -0.05) is 41.9 Å². The monoisotopic (exact) mass is 632 g/mol. The minimum Gasteiger partial charge on any atom is -0.494 e. The number of halogens is 2. The number of anilines is 2. The maximum absolute atomic E-state index is 12.6. The van der Waals surface area contributed by atoms with E-state index in [1.165, 1.54) is 4.90 Å².